The Morgan fingerprint density at radius 1 is 1.16 bits per heavy atom. The quantitative estimate of drug-likeness (QED) is 0.766. The van der Waals surface area contributed by atoms with Gasteiger partial charge in [-0.25, -0.2) is 13.6 Å². The number of anilines is 1. The van der Waals surface area contributed by atoms with Crippen LogP contribution < -0.4 is 4.90 Å². The van der Waals surface area contributed by atoms with Gasteiger partial charge in [0.05, 0.1) is 6.04 Å². The Hall–Kier alpha value is -2.51. The van der Waals surface area contributed by atoms with Gasteiger partial charge in [0.25, 0.3) is 5.91 Å². The van der Waals surface area contributed by atoms with E-state index in [-0.39, 0.29) is 18.9 Å². The van der Waals surface area contributed by atoms with Crippen LogP contribution in [0.25, 0.3) is 0 Å². The number of halogens is 2. The van der Waals surface area contributed by atoms with Gasteiger partial charge in [0.2, 0.25) is 5.91 Å². The molecule has 3 aliphatic heterocycles. The number of nitrogens with zero attached hydrogens (tertiary/aromatic N) is 3. The number of carbonyl (C=O) groups is 3. The third-order valence-electron chi connectivity index (χ3n) is 5.43. The standard InChI is InChI=1S/C17H17F2N3O3/c1-17-6-3-7-21(17)16(25)22(15(17)24)10-8-13(23)20(9-10)14-11(18)4-2-5-12(14)19/h2,4-5,10H,3,6-9H2,1H3/t10-,17-/m0/s1. The van der Waals surface area contributed by atoms with Crippen LogP contribution in [0.15, 0.2) is 18.2 Å². The molecule has 0 aliphatic carbocycles. The van der Waals surface area contributed by atoms with Crippen molar-refractivity contribution in [2.24, 2.45) is 0 Å². The first-order valence-corrected chi connectivity index (χ1v) is 8.24. The normalized spacial score (nSPS) is 29.2. The third kappa shape index (κ3) is 2.09. The maximum Gasteiger partial charge on any atom is 0.328 e. The number of fused-ring (bicyclic) bond motifs is 1. The van der Waals surface area contributed by atoms with E-state index in [9.17, 15) is 23.2 Å². The summed E-state index contributed by atoms with van der Waals surface area (Å²) in [5, 5.41) is 0. The van der Waals surface area contributed by atoms with Crippen molar-refractivity contribution in [1.82, 2.24) is 9.80 Å². The minimum absolute atomic E-state index is 0.0991. The Kier molecular flexibility index (Phi) is 3.35. The first-order chi connectivity index (χ1) is 11.8. The molecule has 4 rings (SSSR count). The Morgan fingerprint density at radius 2 is 1.84 bits per heavy atom. The van der Waals surface area contributed by atoms with Crippen LogP contribution in [0, 0.1) is 11.6 Å². The van der Waals surface area contributed by atoms with Gasteiger partial charge in [-0.15, -0.1) is 0 Å². The molecule has 0 aromatic heterocycles. The zero-order valence-corrected chi connectivity index (χ0v) is 13.7. The lowest BCUT2D eigenvalue weighted by atomic mass is 9.99. The molecule has 0 bridgehead atoms. The summed E-state index contributed by atoms with van der Waals surface area (Å²) in [7, 11) is 0. The predicted molar refractivity (Wildman–Crippen MR) is 83.7 cm³/mol. The van der Waals surface area contributed by atoms with Crippen LogP contribution in [0.4, 0.5) is 19.3 Å². The zero-order valence-electron chi connectivity index (χ0n) is 13.7. The fourth-order valence-corrected chi connectivity index (χ4v) is 4.12. The van der Waals surface area contributed by atoms with E-state index in [4.69, 9.17) is 0 Å². The van der Waals surface area contributed by atoms with Crippen molar-refractivity contribution >= 4 is 23.5 Å². The number of rotatable bonds is 2. The summed E-state index contributed by atoms with van der Waals surface area (Å²) in [6.07, 6.45) is 1.22. The molecule has 1 aromatic carbocycles. The van der Waals surface area contributed by atoms with Gasteiger partial charge in [-0.05, 0) is 31.9 Å². The first-order valence-electron chi connectivity index (χ1n) is 8.24. The van der Waals surface area contributed by atoms with Gasteiger partial charge in [-0.1, -0.05) is 6.07 Å². The number of para-hydroxylation sites is 1. The molecule has 3 heterocycles. The van der Waals surface area contributed by atoms with Crippen molar-refractivity contribution in [3.8, 4) is 0 Å². The van der Waals surface area contributed by atoms with E-state index in [0.717, 1.165) is 28.4 Å². The summed E-state index contributed by atoms with van der Waals surface area (Å²) in [6.45, 7) is 2.13. The van der Waals surface area contributed by atoms with Gasteiger partial charge >= 0.3 is 6.03 Å². The third-order valence-corrected chi connectivity index (χ3v) is 5.43. The molecule has 3 aliphatic rings. The van der Waals surface area contributed by atoms with Crippen LogP contribution in [0.3, 0.4) is 0 Å². The molecule has 4 amide bonds. The number of imide groups is 1. The van der Waals surface area contributed by atoms with Crippen LogP contribution >= 0.6 is 0 Å². The number of hydrogen-bond acceptors (Lipinski definition) is 3. The number of benzene rings is 1. The largest absolute Gasteiger partial charge is 0.328 e. The molecule has 25 heavy (non-hydrogen) atoms. The van der Waals surface area contributed by atoms with Crippen molar-refractivity contribution in [1.29, 1.82) is 0 Å². The molecular weight excluding hydrogens is 332 g/mol. The van der Waals surface area contributed by atoms with Crippen LogP contribution in [0.1, 0.15) is 26.2 Å². The van der Waals surface area contributed by atoms with Crippen LogP contribution in [0.2, 0.25) is 0 Å². The van der Waals surface area contributed by atoms with Crippen LogP contribution in [-0.4, -0.2) is 52.3 Å². The van der Waals surface area contributed by atoms with Gasteiger partial charge in [0.15, 0.2) is 0 Å². The highest BCUT2D eigenvalue weighted by Gasteiger charge is 2.59. The Balaban J connectivity index is 1.63. The van der Waals surface area contributed by atoms with Gasteiger partial charge in [0, 0.05) is 19.5 Å². The van der Waals surface area contributed by atoms with Crippen LogP contribution in [-0.2, 0) is 9.59 Å². The fourth-order valence-electron chi connectivity index (χ4n) is 4.12. The SMILES string of the molecule is C[C@@]12CCCN1C(=O)N([C@H]1CC(=O)N(c3c(F)cccc3F)C1)C2=O. The molecule has 3 saturated heterocycles. The Bertz CT molecular complexity index is 779. The molecule has 0 N–H and O–H groups in total. The van der Waals surface area contributed by atoms with E-state index in [1.54, 1.807) is 6.92 Å². The summed E-state index contributed by atoms with van der Waals surface area (Å²) in [5.74, 6) is -2.53. The Morgan fingerprint density at radius 3 is 2.48 bits per heavy atom. The second-order valence-electron chi connectivity index (χ2n) is 6.92. The molecule has 0 spiro atoms. The van der Waals surface area contributed by atoms with E-state index in [0.29, 0.717) is 13.0 Å². The van der Waals surface area contributed by atoms with Crippen molar-refractivity contribution < 1.29 is 23.2 Å². The summed E-state index contributed by atoms with van der Waals surface area (Å²) >= 11 is 0. The molecule has 132 valence electrons. The minimum Gasteiger partial charge on any atom is -0.310 e. The highest BCUT2D eigenvalue weighted by atomic mass is 19.1. The van der Waals surface area contributed by atoms with Gasteiger partial charge in [-0.2, -0.15) is 0 Å². The molecule has 6 nitrogen and oxygen atoms in total. The first kappa shape index (κ1) is 16.0. The molecule has 1 aromatic rings. The van der Waals surface area contributed by atoms with Crippen LogP contribution in [0.5, 0.6) is 0 Å². The lowest BCUT2D eigenvalue weighted by Gasteiger charge is -2.23. The molecule has 8 heteroatoms. The second kappa shape index (κ2) is 5.24. The van der Waals surface area contributed by atoms with Gasteiger partial charge in [0.1, 0.15) is 22.9 Å². The number of urea groups is 1. The zero-order chi connectivity index (χ0) is 17.9. The van der Waals surface area contributed by atoms with Gasteiger partial charge in [-0.3, -0.25) is 14.5 Å². The summed E-state index contributed by atoms with van der Waals surface area (Å²) in [5.41, 5.74) is -1.29. The second-order valence-corrected chi connectivity index (χ2v) is 6.92. The number of amides is 4. The molecule has 0 radical (unpaired) electrons. The van der Waals surface area contributed by atoms with Crippen molar-refractivity contribution in [2.45, 2.75) is 37.8 Å². The Labute approximate surface area is 143 Å². The smallest absolute Gasteiger partial charge is 0.310 e. The summed E-state index contributed by atoms with van der Waals surface area (Å²) < 4.78 is 28.0. The lowest BCUT2D eigenvalue weighted by Crippen LogP contribution is -2.45. The molecule has 3 fully saturated rings. The van der Waals surface area contributed by atoms with Gasteiger partial charge < -0.3 is 9.80 Å². The average Bonchev–Trinajstić information content (AvgIpc) is 3.16. The van der Waals surface area contributed by atoms with E-state index in [1.807, 2.05) is 0 Å². The molecular formula is C17H17F2N3O3. The van der Waals surface area contributed by atoms with E-state index in [1.165, 1.54) is 11.0 Å². The maximum atomic E-state index is 14.0. The number of carbonyl (C=O) groups excluding carboxylic acids is 3. The highest BCUT2D eigenvalue weighted by Crippen LogP contribution is 2.40. The van der Waals surface area contributed by atoms with Crippen molar-refractivity contribution in [3.63, 3.8) is 0 Å². The number of hydrogen-bond donors (Lipinski definition) is 0. The molecule has 0 unspecified atom stereocenters. The fraction of sp³-hybridized carbons (Fsp3) is 0.471. The van der Waals surface area contributed by atoms with E-state index in [2.05, 4.69) is 0 Å². The molecule has 0 saturated carbocycles. The lowest BCUT2D eigenvalue weighted by molar-refractivity contribution is -0.133. The maximum absolute atomic E-state index is 14.0. The van der Waals surface area contributed by atoms with Crippen molar-refractivity contribution in [3.05, 3.63) is 29.8 Å². The summed E-state index contributed by atoms with van der Waals surface area (Å²) in [4.78, 5) is 41.3. The highest BCUT2D eigenvalue weighted by molar-refractivity contribution is 6.08. The van der Waals surface area contributed by atoms with Crippen molar-refractivity contribution in [2.75, 3.05) is 18.0 Å². The monoisotopic (exact) mass is 349 g/mol. The summed E-state index contributed by atoms with van der Waals surface area (Å²) in [6, 6.07) is 2.23. The topological polar surface area (TPSA) is 60.9 Å². The minimum atomic E-state index is -0.864. The predicted octanol–water partition coefficient (Wildman–Crippen LogP) is 1.89. The van der Waals surface area contributed by atoms with E-state index >= 15 is 0 Å². The van der Waals surface area contributed by atoms with E-state index < -0.39 is 40.8 Å². The average molecular weight is 349 g/mol. The molecule has 2 atom stereocenters.